The van der Waals surface area contributed by atoms with Crippen LogP contribution in [0.25, 0.3) is 0 Å². The van der Waals surface area contributed by atoms with Crippen LogP contribution < -0.4 is 10.1 Å². The fourth-order valence-corrected chi connectivity index (χ4v) is 1.84. The highest BCUT2D eigenvalue weighted by Crippen LogP contribution is 2.20. The van der Waals surface area contributed by atoms with Crippen LogP contribution in [0.15, 0.2) is 36.5 Å². The number of carbonyl (C=O) groups excluding carboxylic acids is 1. The molecular formula is C15H15FN2O3. The van der Waals surface area contributed by atoms with Gasteiger partial charge in [-0.2, -0.15) is 0 Å². The Kier molecular flexibility index (Phi) is 4.71. The molecule has 0 fully saturated rings. The molecule has 0 radical (unpaired) electrons. The topological polar surface area (TPSA) is 60.5 Å². The Balaban J connectivity index is 2.13. The van der Waals surface area contributed by atoms with Gasteiger partial charge in [0, 0.05) is 18.3 Å². The van der Waals surface area contributed by atoms with Gasteiger partial charge in [0.05, 0.1) is 19.8 Å². The average Bonchev–Trinajstić information content (AvgIpc) is 2.52. The third-order valence-corrected chi connectivity index (χ3v) is 2.88. The van der Waals surface area contributed by atoms with Gasteiger partial charge in [-0.15, -0.1) is 0 Å². The summed E-state index contributed by atoms with van der Waals surface area (Å²) in [7, 11) is 2.83. The van der Waals surface area contributed by atoms with Gasteiger partial charge in [0.15, 0.2) is 0 Å². The second-order valence-electron chi connectivity index (χ2n) is 4.23. The first-order chi connectivity index (χ1) is 10.1. The fraction of sp³-hybridized carbons (Fsp3) is 0.200. The first-order valence-corrected chi connectivity index (χ1v) is 6.24. The zero-order chi connectivity index (χ0) is 15.2. The Morgan fingerprint density at radius 2 is 2.10 bits per heavy atom. The van der Waals surface area contributed by atoms with Gasteiger partial charge in [-0.05, 0) is 30.3 Å². The van der Waals surface area contributed by atoms with Crippen LogP contribution in [0.5, 0.6) is 5.75 Å². The largest absolute Gasteiger partial charge is 0.496 e. The molecule has 0 spiro atoms. The van der Waals surface area contributed by atoms with Gasteiger partial charge in [-0.25, -0.2) is 14.2 Å². The summed E-state index contributed by atoms with van der Waals surface area (Å²) >= 11 is 0. The van der Waals surface area contributed by atoms with Crippen LogP contribution in [0.1, 0.15) is 15.9 Å². The van der Waals surface area contributed by atoms with E-state index in [1.807, 2.05) is 0 Å². The van der Waals surface area contributed by atoms with Gasteiger partial charge >= 0.3 is 5.97 Å². The number of carbonyl (C=O) groups is 1. The summed E-state index contributed by atoms with van der Waals surface area (Å²) in [6.45, 7) is 0.318. The molecule has 0 bridgehead atoms. The van der Waals surface area contributed by atoms with E-state index >= 15 is 0 Å². The Bertz CT molecular complexity index is 647. The van der Waals surface area contributed by atoms with Crippen molar-refractivity contribution in [3.05, 3.63) is 53.5 Å². The van der Waals surface area contributed by atoms with Crippen molar-refractivity contribution in [1.29, 1.82) is 0 Å². The van der Waals surface area contributed by atoms with Crippen molar-refractivity contribution in [3.8, 4) is 5.75 Å². The summed E-state index contributed by atoms with van der Waals surface area (Å²) in [4.78, 5) is 15.5. The maximum atomic E-state index is 13.3. The van der Waals surface area contributed by atoms with Crippen molar-refractivity contribution < 1.29 is 18.7 Å². The van der Waals surface area contributed by atoms with E-state index in [1.54, 1.807) is 18.2 Å². The standard InChI is InChI=1S/C15H15FN2O3/c1-20-13-4-3-12(16)7-11(13)9-18-14-8-10(5-6-17-14)15(19)21-2/h3-8H,9H2,1-2H3,(H,17,18). The van der Waals surface area contributed by atoms with Crippen molar-refractivity contribution in [2.75, 3.05) is 19.5 Å². The zero-order valence-corrected chi connectivity index (χ0v) is 11.7. The normalized spacial score (nSPS) is 10.0. The average molecular weight is 290 g/mol. The van der Waals surface area contributed by atoms with Crippen LogP contribution in [0, 0.1) is 5.82 Å². The lowest BCUT2D eigenvalue weighted by Gasteiger charge is -2.10. The first kappa shape index (κ1) is 14.8. The minimum Gasteiger partial charge on any atom is -0.496 e. The van der Waals surface area contributed by atoms with Gasteiger partial charge in [-0.1, -0.05) is 0 Å². The molecule has 0 aliphatic rings. The number of benzene rings is 1. The molecule has 1 N–H and O–H groups in total. The molecule has 0 unspecified atom stereocenters. The summed E-state index contributed by atoms with van der Waals surface area (Å²) in [6, 6.07) is 7.40. The number of pyridine rings is 1. The maximum Gasteiger partial charge on any atom is 0.338 e. The summed E-state index contributed by atoms with van der Waals surface area (Å²) < 4.78 is 23.1. The third kappa shape index (κ3) is 3.68. The number of aromatic nitrogens is 1. The van der Waals surface area contributed by atoms with Gasteiger partial charge < -0.3 is 14.8 Å². The number of halogens is 1. The van der Waals surface area contributed by atoms with Crippen molar-refractivity contribution in [1.82, 2.24) is 4.98 Å². The minimum atomic E-state index is -0.441. The third-order valence-electron chi connectivity index (χ3n) is 2.88. The number of hydrogen-bond donors (Lipinski definition) is 1. The van der Waals surface area contributed by atoms with Gasteiger partial charge in [0.1, 0.15) is 17.4 Å². The molecule has 0 aliphatic carbocycles. The highest BCUT2D eigenvalue weighted by atomic mass is 19.1. The molecule has 2 aromatic rings. The molecule has 1 heterocycles. The SMILES string of the molecule is COC(=O)c1ccnc(NCc2cc(F)ccc2OC)c1. The molecule has 1 aromatic heterocycles. The lowest BCUT2D eigenvalue weighted by Crippen LogP contribution is -2.06. The van der Waals surface area contributed by atoms with E-state index in [2.05, 4.69) is 15.0 Å². The Morgan fingerprint density at radius 1 is 1.29 bits per heavy atom. The van der Waals surface area contributed by atoms with Crippen LogP contribution in [-0.2, 0) is 11.3 Å². The van der Waals surface area contributed by atoms with E-state index in [0.29, 0.717) is 29.2 Å². The number of rotatable bonds is 5. The van der Waals surface area contributed by atoms with Crippen molar-refractivity contribution in [2.45, 2.75) is 6.54 Å². The molecular weight excluding hydrogens is 275 g/mol. The molecule has 110 valence electrons. The van der Waals surface area contributed by atoms with Gasteiger partial charge in [0.2, 0.25) is 0 Å². The molecule has 0 atom stereocenters. The lowest BCUT2D eigenvalue weighted by molar-refractivity contribution is 0.0600. The molecule has 6 heteroatoms. The summed E-state index contributed by atoms with van der Waals surface area (Å²) in [5.41, 5.74) is 1.05. The minimum absolute atomic E-state index is 0.318. The van der Waals surface area contributed by atoms with E-state index in [4.69, 9.17) is 4.74 Å². The number of nitrogens with one attached hydrogen (secondary N) is 1. The first-order valence-electron chi connectivity index (χ1n) is 6.24. The second-order valence-corrected chi connectivity index (χ2v) is 4.23. The van der Waals surface area contributed by atoms with Gasteiger partial charge in [-0.3, -0.25) is 0 Å². The predicted octanol–water partition coefficient (Wildman–Crippen LogP) is 2.63. The van der Waals surface area contributed by atoms with E-state index in [-0.39, 0.29) is 5.82 Å². The maximum absolute atomic E-state index is 13.3. The Labute approximate surface area is 121 Å². The predicted molar refractivity (Wildman–Crippen MR) is 75.9 cm³/mol. The number of methoxy groups -OCH3 is 2. The van der Waals surface area contributed by atoms with Crippen LogP contribution in [0.3, 0.4) is 0 Å². The smallest absolute Gasteiger partial charge is 0.338 e. The number of nitrogens with zero attached hydrogens (tertiary/aromatic N) is 1. The van der Waals surface area contributed by atoms with Crippen LogP contribution in [-0.4, -0.2) is 25.2 Å². The summed E-state index contributed by atoms with van der Waals surface area (Å²) in [5, 5.41) is 3.02. The second kappa shape index (κ2) is 6.69. The molecule has 0 aliphatic heterocycles. The van der Waals surface area contributed by atoms with Crippen molar-refractivity contribution in [2.24, 2.45) is 0 Å². The summed E-state index contributed by atoms with van der Waals surface area (Å²) in [6.07, 6.45) is 1.50. The van der Waals surface area contributed by atoms with E-state index < -0.39 is 5.97 Å². The van der Waals surface area contributed by atoms with Crippen molar-refractivity contribution >= 4 is 11.8 Å². The van der Waals surface area contributed by atoms with E-state index in [0.717, 1.165) is 0 Å². The molecule has 5 nitrogen and oxygen atoms in total. The van der Waals surface area contributed by atoms with Gasteiger partial charge in [0.25, 0.3) is 0 Å². The number of ether oxygens (including phenoxy) is 2. The highest BCUT2D eigenvalue weighted by Gasteiger charge is 2.08. The Hall–Kier alpha value is -2.63. The number of hydrogen-bond acceptors (Lipinski definition) is 5. The van der Waals surface area contributed by atoms with E-state index in [1.165, 1.54) is 32.5 Å². The molecule has 2 rings (SSSR count). The number of esters is 1. The van der Waals surface area contributed by atoms with Crippen LogP contribution >= 0.6 is 0 Å². The van der Waals surface area contributed by atoms with Crippen molar-refractivity contribution in [3.63, 3.8) is 0 Å². The summed E-state index contributed by atoms with van der Waals surface area (Å²) in [5.74, 6) is 0.282. The molecule has 1 aromatic carbocycles. The Morgan fingerprint density at radius 3 is 2.81 bits per heavy atom. The molecule has 0 saturated carbocycles. The zero-order valence-electron chi connectivity index (χ0n) is 11.7. The lowest BCUT2D eigenvalue weighted by atomic mass is 10.2. The van der Waals surface area contributed by atoms with E-state index in [9.17, 15) is 9.18 Å². The van der Waals surface area contributed by atoms with Crippen LogP contribution in [0.2, 0.25) is 0 Å². The highest BCUT2D eigenvalue weighted by molar-refractivity contribution is 5.89. The van der Waals surface area contributed by atoms with Crippen LogP contribution in [0.4, 0.5) is 10.2 Å². The quantitative estimate of drug-likeness (QED) is 0.858. The fourth-order valence-electron chi connectivity index (χ4n) is 1.84. The molecule has 21 heavy (non-hydrogen) atoms. The molecule has 0 saturated heterocycles. The molecule has 0 amide bonds. The number of anilines is 1. The monoisotopic (exact) mass is 290 g/mol.